The van der Waals surface area contributed by atoms with Gasteiger partial charge in [-0.25, -0.2) is 0 Å². The quantitative estimate of drug-likeness (QED) is 0.755. The van der Waals surface area contributed by atoms with E-state index in [9.17, 15) is 0 Å². The van der Waals surface area contributed by atoms with Gasteiger partial charge in [-0.1, -0.05) is 23.7 Å². The number of halogens is 1. The lowest BCUT2D eigenvalue weighted by atomic mass is 9.96. The first-order valence-corrected chi connectivity index (χ1v) is 5.56. The first-order chi connectivity index (χ1) is 6.66. The van der Waals surface area contributed by atoms with Gasteiger partial charge in [0.15, 0.2) is 0 Å². The molecule has 2 atom stereocenters. The van der Waals surface area contributed by atoms with Crippen molar-refractivity contribution in [3.63, 3.8) is 0 Å². The maximum Gasteiger partial charge on any atom is 0.0438 e. The predicted molar refractivity (Wildman–Crippen MR) is 60.8 cm³/mol. The van der Waals surface area contributed by atoms with Gasteiger partial charge in [0.05, 0.1) is 0 Å². The van der Waals surface area contributed by atoms with Crippen molar-refractivity contribution in [2.45, 2.75) is 38.1 Å². The average Bonchev–Trinajstić information content (AvgIpc) is 2.57. The van der Waals surface area contributed by atoms with Crippen molar-refractivity contribution >= 4 is 11.6 Å². The molecule has 2 heteroatoms. The maximum atomic E-state index is 6.10. The molecule has 1 nitrogen and oxygen atoms in total. The molecule has 0 amide bonds. The largest absolute Gasteiger partial charge is 0.328 e. The fraction of sp³-hybridized carbons (Fsp3) is 0.500. The molecule has 0 spiro atoms. The lowest BCUT2D eigenvalue weighted by molar-refractivity contribution is 0.674. The highest BCUT2D eigenvalue weighted by atomic mass is 35.5. The van der Waals surface area contributed by atoms with Gasteiger partial charge in [-0.2, -0.15) is 0 Å². The second-order valence-corrected chi connectivity index (χ2v) is 4.69. The normalized spacial score (nSPS) is 26.8. The molecule has 1 aliphatic rings. The molecule has 1 aromatic carbocycles. The molecular formula is C12H16ClN. The number of rotatable bonds is 1. The molecule has 76 valence electrons. The molecule has 0 radical (unpaired) electrons. The highest BCUT2D eigenvalue weighted by Gasteiger charge is 2.23. The highest BCUT2D eigenvalue weighted by molar-refractivity contribution is 6.31. The number of benzene rings is 1. The molecule has 1 aromatic rings. The zero-order valence-electron chi connectivity index (χ0n) is 8.46. The Kier molecular flexibility index (Phi) is 2.80. The Bertz CT molecular complexity index is 335. The van der Waals surface area contributed by atoms with Crippen LogP contribution in [0.25, 0.3) is 0 Å². The molecule has 2 unspecified atom stereocenters. The van der Waals surface area contributed by atoms with Crippen LogP contribution in [0.3, 0.4) is 0 Å². The van der Waals surface area contributed by atoms with Gasteiger partial charge < -0.3 is 5.73 Å². The minimum atomic E-state index is 0.389. The summed E-state index contributed by atoms with van der Waals surface area (Å²) in [6.07, 6.45) is 3.47. The van der Waals surface area contributed by atoms with Crippen molar-refractivity contribution in [1.82, 2.24) is 0 Å². The van der Waals surface area contributed by atoms with Gasteiger partial charge in [-0.05, 0) is 49.3 Å². The molecule has 0 aromatic heterocycles. The summed E-state index contributed by atoms with van der Waals surface area (Å²) in [6.45, 7) is 2.03. The van der Waals surface area contributed by atoms with E-state index >= 15 is 0 Å². The molecule has 2 N–H and O–H groups in total. The third kappa shape index (κ3) is 1.94. The zero-order chi connectivity index (χ0) is 10.1. The lowest BCUT2D eigenvalue weighted by Gasteiger charge is -2.11. The molecule has 1 saturated carbocycles. The van der Waals surface area contributed by atoms with E-state index in [1.165, 1.54) is 12.0 Å². The topological polar surface area (TPSA) is 26.0 Å². The van der Waals surface area contributed by atoms with Gasteiger partial charge in [0, 0.05) is 11.1 Å². The molecule has 0 saturated heterocycles. The monoisotopic (exact) mass is 209 g/mol. The third-order valence-corrected chi connectivity index (χ3v) is 3.55. The highest BCUT2D eigenvalue weighted by Crippen LogP contribution is 2.34. The zero-order valence-corrected chi connectivity index (χ0v) is 9.22. The first-order valence-electron chi connectivity index (χ1n) is 5.18. The standard InChI is InChI=1S/C12H16ClN/c1-8-2-3-10(7-12(8)13)9-4-5-11(14)6-9/h2-3,7,9,11H,4-6,14H2,1H3. The Morgan fingerprint density at radius 3 is 2.71 bits per heavy atom. The summed E-state index contributed by atoms with van der Waals surface area (Å²) in [6, 6.07) is 6.77. The fourth-order valence-electron chi connectivity index (χ4n) is 2.18. The van der Waals surface area contributed by atoms with Crippen LogP contribution in [0.2, 0.25) is 5.02 Å². The molecular weight excluding hydrogens is 194 g/mol. The summed E-state index contributed by atoms with van der Waals surface area (Å²) in [5.74, 6) is 0.628. The van der Waals surface area contributed by atoms with Crippen molar-refractivity contribution in [3.8, 4) is 0 Å². The third-order valence-electron chi connectivity index (χ3n) is 3.14. The van der Waals surface area contributed by atoms with E-state index < -0.39 is 0 Å². The molecule has 0 bridgehead atoms. The van der Waals surface area contributed by atoms with E-state index in [2.05, 4.69) is 18.2 Å². The van der Waals surface area contributed by atoms with Crippen LogP contribution in [0, 0.1) is 6.92 Å². The van der Waals surface area contributed by atoms with Gasteiger partial charge in [-0.3, -0.25) is 0 Å². The summed E-state index contributed by atoms with van der Waals surface area (Å²) in [5, 5.41) is 0.878. The van der Waals surface area contributed by atoms with E-state index in [1.54, 1.807) is 0 Å². The van der Waals surface area contributed by atoms with Gasteiger partial charge >= 0.3 is 0 Å². The fourth-order valence-corrected chi connectivity index (χ4v) is 2.37. The minimum absolute atomic E-state index is 0.389. The number of nitrogens with two attached hydrogens (primary N) is 1. The molecule has 0 heterocycles. The van der Waals surface area contributed by atoms with E-state index in [0.29, 0.717) is 12.0 Å². The number of hydrogen-bond donors (Lipinski definition) is 1. The summed E-state index contributed by atoms with van der Waals surface area (Å²) in [4.78, 5) is 0. The van der Waals surface area contributed by atoms with Gasteiger partial charge in [0.25, 0.3) is 0 Å². The van der Waals surface area contributed by atoms with Crippen LogP contribution in [-0.2, 0) is 0 Å². The summed E-state index contributed by atoms with van der Waals surface area (Å²) in [5.41, 5.74) is 8.40. The van der Waals surface area contributed by atoms with E-state index in [1.807, 2.05) is 6.92 Å². The molecule has 1 fully saturated rings. The van der Waals surface area contributed by atoms with Crippen molar-refractivity contribution in [2.75, 3.05) is 0 Å². The molecule has 0 aliphatic heterocycles. The van der Waals surface area contributed by atoms with Crippen LogP contribution in [0.4, 0.5) is 0 Å². The van der Waals surface area contributed by atoms with Crippen molar-refractivity contribution in [3.05, 3.63) is 34.3 Å². The van der Waals surface area contributed by atoms with Crippen LogP contribution < -0.4 is 5.73 Å². The van der Waals surface area contributed by atoms with E-state index in [-0.39, 0.29) is 0 Å². The average molecular weight is 210 g/mol. The van der Waals surface area contributed by atoms with Crippen molar-refractivity contribution in [1.29, 1.82) is 0 Å². The molecule has 14 heavy (non-hydrogen) atoms. The smallest absolute Gasteiger partial charge is 0.0438 e. The predicted octanol–water partition coefficient (Wildman–Crippen LogP) is 3.24. The summed E-state index contributed by atoms with van der Waals surface area (Å²) in [7, 11) is 0. The van der Waals surface area contributed by atoms with Crippen molar-refractivity contribution in [2.24, 2.45) is 5.73 Å². The van der Waals surface area contributed by atoms with Crippen LogP contribution >= 0.6 is 11.6 Å². The van der Waals surface area contributed by atoms with Gasteiger partial charge in [-0.15, -0.1) is 0 Å². The molecule has 1 aliphatic carbocycles. The Balaban J connectivity index is 2.20. The van der Waals surface area contributed by atoms with E-state index in [4.69, 9.17) is 17.3 Å². The second-order valence-electron chi connectivity index (χ2n) is 4.28. The van der Waals surface area contributed by atoms with Crippen molar-refractivity contribution < 1.29 is 0 Å². The molecule has 2 rings (SSSR count). The number of hydrogen-bond acceptors (Lipinski definition) is 1. The van der Waals surface area contributed by atoms with Crippen LogP contribution in [-0.4, -0.2) is 6.04 Å². The maximum absolute atomic E-state index is 6.10. The SMILES string of the molecule is Cc1ccc(C2CCC(N)C2)cc1Cl. The minimum Gasteiger partial charge on any atom is -0.328 e. The lowest BCUT2D eigenvalue weighted by Crippen LogP contribution is -2.14. The second kappa shape index (κ2) is 3.92. The number of aryl methyl sites for hydroxylation is 1. The Hall–Kier alpha value is -0.530. The summed E-state index contributed by atoms with van der Waals surface area (Å²) < 4.78 is 0. The Labute approximate surface area is 90.3 Å². The summed E-state index contributed by atoms with van der Waals surface area (Å²) >= 11 is 6.10. The van der Waals surface area contributed by atoms with Crippen LogP contribution in [0.1, 0.15) is 36.3 Å². The van der Waals surface area contributed by atoms with E-state index in [0.717, 1.165) is 23.4 Å². The first kappa shape index (κ1) is 10.0. The Morgan fingerprint density at radius 1 is 1.36 bits per heavy atom. The van der Waals surface area contributed by atoms with Gasteiger partial charge in [0.2, 0.25) is 0 Å². The van der Waals surface area contributed by atoms with Crippen LogP contribution in [0.5, 0.6) is 0 Å². The van der Waals surface area contributed by atoms with Crippen LogP contribution in [0.15, 0.2) is 18.2 Å². The Morgan fingerprint density at radius 2 is 2.14 bits per heavy atom. The van der Waals surface area contributed by atoms with Gasteiger partial charge in [0.1, 0.15) is 0 Å².